The lowest BCUT2D eigenvalue weighted by molar-refractivity contribution is -0.116. The number of thiophene rings is 1. The smallest absolute Gasteiger partial charge is 0.224 e. The van der Waals surface area contributed by atoms with E-state index in [-0.39, 0.29) is 18.1 Å². The van der Waals surface area contributed by atoms with Gasteiger partial charge in [0.25, 0.3) is 0 Å². The molecule has 1 N–H and O–H groups in total. The summed E-state index contributed by atoms with van der Waals surface area (Å²) in [4.78, 5) is 24.2. The molecule has 0 spiro atoms. The highest BCUT2D eigenvalue weighted by molar-refractivity contribution is 7.19. The lowest BCUT2D eigenvalue weighted by Crippen LogP contribution is -2.21. The first-order chi connectivity index (χ1) is 16.6. The monoisotopic (exact) mass is 478 g/mol. The average molecular weight is 479 g/mol. The number of anilines is 1. The molecular formula is C26H27FN4O2S. The van der Waals surface area contributed by atoms with E-state index in [1.165, 1.54) is 17.0 Å². The number of hydrogen-bond acceptors (Lipinski definition) is 6. The first kappa shape index (κ1) is 23.8. The summed E-state index contributed by atoms with van der Waals surface area (Å²) in [5.41, 5.74) is 2.20. The maximum Gasteiger partial charge on any atom is 0.224 e. The number of aryl methyl sites for hydroxylation is 1. The van der Waals surface area contributed by atoms with Crippen molar-refractivity contribution in [2.45, 2.75) is 33.2 Å². The molecule has 4 rings (SSSR count). The lowest BCUT2D eigenvalue weighted by Gasteiger charge is -2.16. The zero-order valence-electron chi connectivity index (χ0n) is 19.3. The molecule has 1 aromatic carbocycles. The van der Waals surface area contributed by atoms with Crippen molar-refractivity contribution < 1.29 is 13.9 Å². The maximum absolute atomic E-state index is 14.8. The Morgan fingerprint density at radius 1 is 1.12 bits per heavy atom. The van der Waals surface area contributed by atoms with Crippen LogP contribution < -0.4 is 10.1 Å². The third-order valence-corrected chi connectivity index (χ3v) is 6.62. The zero-order valence-corrected chi connectivity index (χ0v) is 20.1. The number of ether oxygens (including phenoxy) is 1. The number of aromatic nitrogens is 2. The van der Waals surface area contributed by atoms with Gasteiger partial charge in [-0.2, -0.15) is 0 Å². The van der Waals surface area contributed by atoms with Crippen LogP contribution in [0.3, 0.4) is 0 Å². The molecule has 0 fully saturated rings. The molecule has 0 aliphatic heterocycles. The largest absolute Gasteiger partial charge is 0.453 e. The molecular weight excluding hydrogens is 451 g/mol. The summed E-state index contributed by atoms with van der Waals surface area (Å²) in [6.45, 7) is 7.06. The summed E-state index contributed by atoms with van der Waals surface area (Å²) in [5, 5.41) is 2.74. The Hall–Kier alpha value is -3.36. The Kier molecular flexibility index (Phi) is 7.82. The van der Waals surface area contributed by atoms with Gasteiger partial charge in [0, 0.05) is 54.3 Å². The topological polar surface area (TPSA) is 67.3 Å². The number of fused-ring (bicyclic) bond motifs is 1. The summed E-state index contributed by atoms with van der Waals surface area (Å²) in [5.74, 6) is -0.0745. The van der Waals surface area contributed by atoms with Gasteiger partial charge in [0.1, 0.15) is 5.75 Å². The molecule has 0 aliphatic rings. The first-order valence-corrected chi connectivity index (χ1v) is 12.1. The van der Waals surface area contributed by atoms with Gasteiger partial charge >= 0.3 is 0 Å². The van der Waals surface area contributed by atoms with Crippen molar-refractivity contribution >= 4 is 33.1 Å². The minimum Gasteiger partial charge on any atom is -0.453 e. The third-order valence-electron chi connectivity index (χ3n) is 5.50. The standard InChI is InChI=1S/C26H27FN4O2S/c1-3-31(4-2)17-20-15-22-26(34-20)24(11-13-29-22)33-23-9-8-19(14-21(23)27)30-25(32)10-7-18-6-5-12-28-16-18/h5-6,8-9,11-16H,3-4,7,10,17H2,1-2H3,(H,30,32). The van der Waals surface area contributed by atoms with Crippen LogP contribution in [0.25, 0.3) is 10.2 Å². The van der Waals surface area contributed by atoms with E-state index in [1.54, 1.807) is 42.1 Å². The minimum atomic E-state index is -0.546. The number of nitrogens with one attached hydrogen (secondary N) is 1. The second-order valence-electron chi connectivity index (χ2n) is 7.85. The van der Waals surface area contributed by atoms with Crippen molar-refractivity contribution in [2.75, 3.05) is 18.4 Å². The lowest BCUT2D eigenvalue weighted by atomic mass is 10.1. The van der Waals surface area contributed by atoms with Crippen molar-refractivity contribution in [1.82, 2.24) is 14.9 Å². The Labute approximate surface area is 202 Å². The quantitative estimate of drug-likeness (QED) is 0.301. The highest BCUT2D eigenvalue weighted by Gasteiger charge is 2.14. The highest BCUT2D eigenvalue weighted by atomic mass is 32.1. The van der Waals surface area contributed by atoms with Gasteiger partial charge in [0.05, 0.1) is 10.2 Å². The normalized spacial score (nSPS) is 11.2. The number of carbonyl (C=O) groups is 1. The Morgan fingerprint density at radius 2 is 1.97 bits per heavy atom. The first-order valence-electron chi connectivity index (χ1n) is 11.3. The van der Waals surface area contributed by atoms with Gasteiger partial charge in [0.2, 0.25) is 5.91 Å². The molecule has 0 atom stereocenters. The van der Waals surface area contributed by atoms with E-state index >= 15 is 0 Å². The summed E-state index contributed by atoms with van der Waals surface area (Å²) >= 11 is 1.61. The number of hydrogen-bond donors (Lipinski definition) is 1. The van der Waals surface area contributed by atoms with Crippen LogP contribution in [-0.4, -0.2) is 33.9 Å². The number of nitrogens with zero attached hydrogens (tertiary/aromatic N) is 3. The Morgan fingerprint density at radius 3 is 2.71 bits per heavy atom. The van der Waals surface area contributed by atoms with Gasteiger partial charge in [0.15, 0.2) is 11.6 Å². The van der Waals surface area contributed by atoms with Crippen LogP contribution in [0.5, 0.6) is 11.5 Å². The maximum atomic E-state index is 14.8. The van der Waals surface area contributed by atoms with Crippen molar-refractivity contribution in [2.24, 2.45) is 0 Å². The van der Waals surface area contributed by atoms with E-state index in [2.05, 4.69) is 40.1 Å². The number of amides is 1. The van der Waals surface area contributed by atoms with Crippen molar-refractivity contribution in [3.8, 4) is 11.5 Å². The van der Waals surface area contributed by atoms with Gasteiger partial charge < -0.3 is 10.1 Å². The second-order valence-corrected chi connectivity index (χ2v) is 8.99. The van der Waals surface area contributed by atoms with E-state index in [1.807, 2.05) is 12.1 Å². The van der Waals surface area contributed by atoms with Crippen LogP contribution in [0.15, 0.2) is 61.1 Å². The number of halogens is 1. The van der Waals surface area contributed by atoms with E-state index in [9.17, 15) is 9.18 Å². The van der Waals surface area contributed by atoms with Crippen LogP contribution >= 0.6 is 11.3 Å². The Balaban J connectivity index is 1.43. The number of benzene rings is 1. The second kappa shape index (κ2) is 11.2. The number of pyridine rings is 2. The van der Waals surface area contributed by atoms with Crippen molar-refractivity contribution in [3.63, 3.8) is 0 Å². The van der Waals surface area contributed by atoms with Crippen LogP contribution in [0.1, 0.15) is 30.7 Å². The van der Waals surface area contributed by atoms with E-state index < -0.39 is 5.82 Å². The fraction of sp³-hybridized carbons (Fsp3) is 0.269. The molecule has 1 amide bonds. The molecule has 0 aliphatic carbocycles. The van der Waals surface area contributed by atoms with Crippen LogP contribution in [-0.2, 0) is 17.8 Å². The molecule has 176 valence electrons. The van der Waals surface area contributed by atoms with E-state index in [0.29, 0.717) is 17.9 Å². The summed E-state index contributed by atoms with van der Waals surface area (Å²) in [7, 11) is 0. The third kappa shape index (κ3) is 5.95. The van der Waals surface area contributed by atoms with E-state index in [0.717, 1.165) is 35.4 Å². The average Bonchev–Trinajstić information content (AvgIpc) is 3.27. The highest BCUT2D eigenvalue weighted by Crippen LogP contribution is 2.36. The summed E-state index contributed by atoms with van der Waals surface area (Å²) in [6, 6.07) is 12.0. The molecule has 0 bridgehead atoms. The zero-order chi connectivity index (χ0) is 23.9. The van der Waals surface area contributed by atoms with Crippen molar-refractivity contribution in [1.29, 1.82) is 0 Å². The van der Waals surface area contributed by atoms with Crippen LogP contribution in [0.4, 0.5) is 10.1 Å². The van der Waals surface area contributed by atoms with Crippen molar-refractivity contribution in [3.05, 3.63) is 77.3 Å². The SMILES string of the molecule is CCN(CC)Cc1cc2nccc(Oc3ccc(NC(=O)CCc4cccnc4)cc3F)c2s1. The van der Waals surface area contributed by atoms with E-state index in [4.69, 9.17) is 4.74 Å². The molecule has 34 heavy (non-hydrogen) atoms. The van der Waals surface area contributed by atoms with Crippen LogP contribution in [0, 0.1) is 5.82 Å². The number of carbonyl (C=O) groups excluding carboxylic acids is 1. The predicted octanol–water partition coefficient (Wildman–Crippen LogP) is 6.04. The van der Waals surface area contributed by atoms with Crippen LogP contribution in [0.2, 0.25) is 0 Å². The van der Waals surface area contributed by atoms with Gasteiger partial charge in [-0.25, -0.2) is 4.39 Å². The Bertz CT molecular complexity index is 1260. The summed E-state index contributed by atoms with van der Waals surface area (Å²) in [6.07, 6.45) is 5.94. The van der Waals surface area contributed by atoms with Gasteiger partial charge in [-0.15, -0.1) is 11.3 Å². The fourth-order valence-corrected chi connectivity index (χ4v) is 4.70. The molecule has 0 saturated heterocycles. The minimum absolute atomic E-state index is 0.0968. The molecule has 0 saturated carbocycles. The van der Waals surface area contributed by atoms with Gasteiger partial charge in [-0.1, -0.05) is 19.9 Å². The fourth-order valence-electron chi connectivity index (χ4n) is 3.60. The molecule has 0 unspecified atom stereocenters. The molecule has 8 heteroatoms. The molecule has 0 radical (unpaired) electrons. The molecule has 6 nitrogen and oxygen atoms in total. The van der Waals surface area contributed by atoms with Gasteiger partial charge in [-0.3, -0.25) is 19.7 Å². The molecule has 3 aromatic heterocycles. The molecule has 3 heterocycles. The molecule has 4 aromatic rings. The predicted molar refractivity (Wildman–Crippen MR) is 134 cm³/mol. The summed E-state index contributed by atoms with van der Waals surface area (Å²) < 4.78 is 21.6. The number of rotatable bonds is 10. The van der Waals surface area contributed by atoms with Gasteiger partial charge in [-0.05, 0) is 49.3 Å².